The van der Waals surface area contributed by atoms with Crippen LogP contribution in [0, 0.1) is 0 Å². The maximum absolute atomic E-state index is 5.54. The Kier molecular flexibility index (Phi) is 5.64. The van der Waals surface area contributed by atoms with E-state index in [1.165, 1.54) is 0 Å². The van der Waals surface area contributed by atoms with Crippen LogP contribution in [0.5, 0.6) is 17.2 Å². The van der Waals surface area contributed by atoms with Gasteiger partial charge in [-0.2, -0.15) is 4.98 Å². The van der Waals surface area contributed by atoms with Crippen LogP contribution in [0.2, 0.25) is 0 Å². The number of methoxy groups -OCH3 is 1. The van der Waals surface area contributed by atoms with Crippen molar-refractivity contribution in [2.75, 3.05) is 25.9 Å². The maximum Gasteiger partial charge on any atom is 0.236 e. The lowest BCUT2D eigenvalue weighted by molar-refractivity contribution is 0.174. The van der Waals surface area contributed by atoms with Crippen molar-refractivity contribution in [3.8, 4) is 34.3 Å². The van der Waals surface area contributed by atoms with Gasteiger partial charge in [0.2, 0.25) is 12.7 Å². The molecule has 31 heavy (non-hydrogen) atoms. The zero-order valence-electron chi connectivity index (χ0n) is 16.9. The fourth-order valence-electron chi connectivity index (χ4n) is 3.31. The first kappa shape index (κ1) is 20.5. The Bertz CT molecular complexity index is 1180. The summed E-state index contributed by atoms with van der Waals surface area (Å²) in [7, 11) is 3.61. The monoisotopic (exact) mass is 437 g/mol. The van der Waals surface area contributed by atoms with Gasteiger partial charge in [-0.3, -0.25) is 4.57 Å². The van der Waals surface area contributed by atoms with Crippen LogP contribution in [0.15, 0.2) is 67.4 Å². The Morgan fingerprint density at radius 3 is 2.61 bits per heavy atom. The van der Waals surface area contributed by atoms with Crippen molar-refractivity contribution < 1.29 is 14.2 Å². The molecule has 0 fully saturated rings. The highest BCUT2D eigenvalue weighted by atomic mass is 35.5. The Labute approximate surface area is 185 Å². The summed E-state index contributed by atoms with van der Waals surface area (Å²) in [4.78, 5) is 15.5. The lowest BCUT2D eigenvalue weighted by Crippen LogP contribution is -2.14. The number of rotatable bonds is 5. The van der Waals surface area contributed by atoms with Crippen LogP contribution >= 0.6 is 12.4 Å². The summed E-state index contributed by atoms with van der Waals surface area (Å²) in [5.74, 6) is 3.53. The molecule has 0 spiro atoms. The van der Waals surface area contributed by atoms with Crippen molar-refractivity contribution in [1.82, 2.24) is 19.5 Å². The van der Waals surface area contributed by atoms with E-state index in [1.807, 2.05) is 66.8 Å². The van der Waals surface area contributed by atoms with E-state index in [0.717, 1.165) is 34.1 Å². The SMILES string of the molecule is COc1ccc(-c2cnc(-n3ccnc3)nc2N(C)c2ccc3c(c2)OCO3)cc1.Cl. The topological polar surface area (TPSA) is 74.5 Å². The number of imidazole rings is 1. The van der Waals surface area contributed by atoms with E-state index in [-0.39, 0.29) is 19.2 Å². The third-order valence-corrected chi connectivity index (χ3v) is 4.95. The molecule has 3 heterocycles. The second-order valence-electron chi connectivity index (χ2n) is 6.70. The summed E-state index contributed by atoms with van der Waals surface area (Å²) >= 11 is 0. The van der Waals surface area contributed by atoms with Crippen molar-refractivity contribution in [2.45, 2.75) is 0 Å². The second kappa shape index (κ2) is 8.53. The number of aromatic nitrogens is 4. The van der Waals surface area contributed by atoms with E-state index in [0.29, 0.717) is 11.7 Å². The molecule has 1 aliphatic rings. The average molecular weight is 438 g/mol. The number of nitrogens with zero attached hydrogens (tertiary/aromatic N) is 5. The van der Waals surface area contributed by atoms with E-state index in [2.05, 4.69) is 9.97 Å². The number of halogens is 1. The van der Waals surface area contributed by atoms with E-state index in [9.17, 15) is 0 Å². The van der Waals surface area contributed by atoms with Crippen LogP contribution in [0.4, 0.5) is 11.5 Å². The molecule has 8 nitrogen and oxygen atoms in total. The summed E-state index contributed by atoms with van der Waals surface area (Å²) < 4.78 is 18.0. The molecular formula is C22H20ClN5O3. The third-order valence-electron chi connectivity index (χ3n) is 4.95. The minimum Gasteiger partial charge on any atom is -0.497 e. The molecule has 2 aromatic carbocycles. The largest absolute Gasteiger partial charge is 0.497 e. The molecule has 2 aromatic heterocycles. The molecule has 0 atom stereocenters. The molecule has 0 saturated heterocycles. The Morgan fingerprint density at radius 2 is 1.87 bits per heavy atom. The first-order valence-corrected chi connectivity index (χ1v) is 9.36. The molecule has 1 aliphatic heterocycles. The lowest BCUT2D eigenvalue weighted by Gasteiger charge is -2.22. The van der Waals surface area contributed by atoms with Crippen molar-refractivity contribution >= 4 is 23.9 Å². The summed E-state index contributed by atoms with van der Waals surface area (Å²) in [5.41, 5.74) is 2.79. The van der Waals surface area contributed by atoms with Crippen LogP contribution in [-0.2, 0) is 0 Å². The number of anilines is 2. The standard InChI is InChI=1S/C22H19N5O3.ClH/c1-26(16-5-8-19-20(11-16)30-14-29-19)21-18(15-3-6-17(28-2)7-4-15)12-24-22(25-21)27-10-9-23-13-27;/h3-13H,14H2,1-2H3;1H. The van der Waals surface area contributed by atoms with Crippen molar-refractivity contribution in [3.05, 3.63) is 67.4 Å². The molecule has 0 aliphatic carbocycles. The molecule has 9 heteroatoms. The van der Waals surface area contributed by atoms with Crippen LogP contribution < -0.4 is 19.1 Å². The van der Waals surface area contributed by atoms with Crippen LogP contribution in [-0.4, -0.2) is 40.5 Å². The number of benzene rings is 2. The Hall–Kier alpha value is -3.78. The first-order valence-electron chi connectivity index (χ1n) is 9.36. The van der Waals surface area contributed by atoms with E-state index < -0.39 is 0 Å². The Morgan fingerprint density at radius 1 is 1.06 bits per heavy atom. The molecule has 0 unspecified atom stereocenters. The minimum atomic E-state index is 0. The molecular weight excluding hydrogens is 418 g/mol. The quantitative estimate of drug-likeness (QED) is 0.462. The molecule has 158 valence electrons. The summed E-state index contributed by atoms with van der Waals surface area (Å²) in [6.07, 6.45) is 7.00. The molecule has 0 bridgehead atoms. The third kappa shape index (κ3) is 3.85. The highest BCUT2D eigenvalue weighted by Crippen LogP contribution is 2.39. The van der Waals surface area contributed by atoms with Gasteiger partial charge in [-0.15, -0.1) is 12.4 Å². The summed E-state index contributed by atoms with van der Waals surface area (Å²) in [6.45, 7) is 0.234. The van der Waals surface area contributed by atoms with Gasteiger partial charge in [0.15, 0.2) is 11.5 Å². The molecule has 0 saturated carbocycles. The zero-order chi connectivity index (χ0) is 20.5. The lowest BCUT2D eigenvalue weighted by atomic mass is 10.1. The molecule has 0 N–H and O–H groups in total. The normalized spacial score (nSPS) is 11.7. The van der Waals surface area contributed by atoms with Gasteiger partial charge < -0.3 is 19.1 Å². The van der Waals surface area contributed by atoms with Gasteiger partial charge >= 0.3 is 0 Å². The minimum absolute atomic E-state index is 0. The highest BCUT2D eigenvalue weighted by Gasteiger charge is 2.19. The van der Waals surface area contributed by atoms with Crippen molar-refractivity contribution in [3.63, 3.8) is 0 Å². The first-order chi connectivity index (χ1) is 14.7. The van der Waals surface area contributed by atoms with Gasteiger partial charge in [0.25, 0.3) is 0 Å². The van der Waals surface area contributed by atoms with Crippen molar-refractivity contribution in [1.29, 1.82) is 0 Å². The van der Waals surface area contributed by atoms with Gasteiger partial charge in [-0.1, -0.05) is 12.1 Å². The summed E-state index contributed by atoms with van der Waals surface area (Å²) in [6, 6.07) is 13.6. The molecule has 0 radical (unpaired) electrons. The highest BCUT2D eigenvalue weighted by molar-refractivity contribution is 5.85. The predicted molar refractivity (Wildman–Crippen MR) is 119 cm³/mol. The number of ether oxygens (including phenoxy) is 3. The van der Waals surface area contributed by atoms with E-state index in [4.69, 9.17) is 19.2 Å². The molecule has 4 aromatic rings. The number of hydrogen-bond acceptors (Lipinski definition) is 7. The zero-order valence-corrected chi connectivity index (χ0v) is 17.7. The molecule has 0 amide bonds. The maximum atomic E-state index is 5.54. The fourth-order valence-corrected chi connectivity index (χ4v) is 3.31. The summed E-state index contributed by atoms with van der Waals surface area (Å²) in [5, 5.41) is 0. The van der Waals surface area contributed by atoms with Gasteiger partial charge in [0.1, 0.15) is 17.9 Å². The van der Waals surface area contributed by atoms with Crippen LogP contribution in [0.1, 0.15) is 0 Å². The average Bonchev–Trinajstić information content (AvgIpc) is 3.50. The van der Waals surface area contributed by atoms with Gasteiger partial charge in [0, 0.05) is 43.0 Å². The van der Waals surface area contributed by atoms with E-state index >= 15 is 0 Å². The fraction of sp³-hybridized carbons (Fsp3) is 0.136. The van der Waals surface area contributed by atoms with E-state index in [1.54, 1.807) is 24.2 Å². The van der Waals surface area contributed by atoms with Crippen LogP contribution in [0.25, 0.3) is 17.1 Å². The smallest absolute Gasteiger partial charge is 0.236 e. The number of fused-ring (bicyclic) bond motifs is 1. The van der Waals surface area contributed by atoms with Gasteiger partial charge in [-0.05, 0) is 29.8 Å². The van der Waals surface area contributed by atoms with Gasteiger partial charge in [0.05, 0.1) is 7.11 Å². The predicted octanol–water partition coefficient (Wildman–Crippen LogP) is 4.26. The van der Waals surface area contributed by atoms with Crippen LogP contribution in [0.3, 0.4) is 0 Å². The Balaban J connectivity index is 0.00000231. The second-order valence-corrected chi connectivity index (χ2v) is 6.70. The van der Waals surface area contributed by atoms with Crippen molar-refractivity contribution in [2.24, 2.45) is 0 Å². The molecule has 5 rings (SSSR count). The van der Waals surface area contributed by atoms with Gasteiger partial charge in [-0.25, -0.2) is 9.97 Å². The number of hydrogen-bond donors (Lipinski definition) is 0.